The summed E-state index contributed by atoms with van der Waals surface area (Å²) in [5.74, 6) is 0.178. The SMILES string of the molecule is C=C1c2[nH]c3c(N([O-])O)c(OC)ccc3c2CCN1C(C)=O. The van der Waals surface area contributed by atoms with Crippen LogP contribution in [0, 0.1) is 5.21 Å². The lowest BCUT2D eigenvalue weighted by Gasteiger charge is -2.28. The molecule has 0 unspecified atom stereocenters. The van der Waals surface area contributed by atoms with Gasteiger partial charge in [-0.05, 0) is 24.1 Å². The maximum absolute atomic E-state index is 11.6. The summed E-state index contributed by atoms with van der Waals surface area (Å²) in [5, 5.41) is 21.5. The van der Waals surface area contributed by atoms with Crippen LogP contribution in [0.3, 0.4) is 0 Å². The van der Waals surface area contributed by atoms with Gasteiger partial charge in [-0.25, -0.2) is 0 Å². The number of methoxy groups -OCH3 is 1. The van der Waals surface area contributed by atoms with Gasteiger partial charge >= 0.3 is 0 Å². The molecule has 2 N–H and O–H groups in total. The first-order valence-corrected chi connectivity index (χ1v) is 6.80. The lowest BCUT2D eigenvalue weighted by Crippen LogP contribution is -2.32. The number of anilines is 1. The molecule has 2 heterocycles. The quantitative estimate of drug-likeness (QED) is 0.830. The van der Waals surface area contributed by atoms with Crippen molar-refractivity contribution in [3.05, 3.63) is 35.2 Å². The van der Waals surface area contributed by atoms with Crippen LogP contribution < -0.4 is 9.96 Å². The maximum atomic E-state index is 11.6. The number of rotatable bonds is 2. The lowest BCUT2D eigenvalue weighted by molar-refractivity contribution is -0.125. The van der Waals surface area contributed by atoms with Gasteiger partial charge in [-0.15, -0.1) is 0 Å². The van der Waals surface area contributed by atoms with Crippen LogP contribution >= 0.6 is 0 Å². The monoisotopic (exact) mass is 302 g/mol. The van der Waals surface area contributed by atoms with Gasteiger partial charge in [-0.1, -0.05) is 6.58 Å². The summed E-state index contributed by atoms with van der Waals surface area (Å²) in [4.78, 5) is 16.3. The van der Waals surface area contributed by atoms with E-state index in [0.29, 0.717) is 29.9 Å². The fraction of sp³-hybridized carbons (Fsp3) is 0.267. The van der Waals surface area contributed by atoms with E-state index in [1.807, 2.05) is 6.07 Å². The first-order valence-electron chi connectivity index (χ1n) is 6.80. The van der Waals surface area contributed by atoms with Crippen LogP contribution in [0.25, 0.3) is 16.6 Å². The van der Waals surface area contributed by atoms with Crippen molar-refractivity contribution in [2.75, 3.05) is 18.9 Å². The predicted octanol–water partition coefficient (Wildman–Crippen LogP) is 2.25. The van der Waals surface area contributed by atoms with Crippen LogP contribution in [0.5, 0.6) is 5.75 Å². The molecule has 1 aliphatic rings. The highest BCUT2D eigenvalue weighted by atomic mass is 16.8. The van der Waals surface area contributed by atoms with Crippen LogP contribution in [-0.2, 0) is 11.2 Å². The predicted molar refractivity (Wildman–Crippen MR) is 82.6 cm³/mol. The van der Waals surface area contributed by atoms with E-state index < -0.39 is 0 Å². The summed E-state index contributed by atoms with van der Waals surface area (Å²) in [6.07, 6.45) is 0.643. The van der Waals surface area contributed by atoms with Crippen molar-refractivity contribution in [2.45, 2.75) is 13.3 Å². The second kappa shape index (κ2) is 5.04. The van der Waals surface area contributed by atoms with Gasteiger partial charge in [0, 0.05) is 18.9 Å². The maximum Gasteiger partial charge on any atom is 0.223 e. The fourth-order valence-electron chi connectivity index (χ4n) is 2.99. The Bertz CT molecular complexity index is 779. The van der Waals surface area contributed by atoms with Crippen molar-refractivity contribution < 1.29 is 14.7 Å². The summed E-state index contributed by atoms with van der Waals surface area (Å²) in [7, 11) is 1.42. The molecule has 0 spiro atoms. The summed E-state index contributed by atoms with van der Waals surface area (Å²) in [5.41, 5.74) is 2.71. The number of aromatic amines is 1. The number of benzene rings is 1. The summed E-state index contributed by atoms with van der Waals surface area (Å²) < 4.78 is 5.12. The molecule has 7 heteroatoms. The molecule has 1 aromatic heterocycles. The molecule has 0 saturated carbocycles. The standard InChI is InChI=1S/C15H16N3O4/c1-8-13-11(6-7-17(8)9(2)19)10-4-5-12(22-3)15(18(20)21)14(10)16-13/h4-5,16,20H,1,6-7H2,2-3H3/q-1. The van der Waals surface area contributed by atoms with Gasteiger partial charge < -0.3 is 25.1 Å². The third kappa shape index (κ3) is 1.94. The number of nitrogens with zero attached hydrogens (tertiary/aromatic N) is 2. The minimum atomic E-state index is -0.214. The van der Waals surface area contributed by atoms with E-state index in [0.717, 1.165) is 10.9 Å². The summed E-state index contributed by atoms with van der Waals surface area (Å²) in [6.45, 7) is 5.98. The number of fused-ring (bicyclic) bond motifs is 3. The number of carbonyl (C=O) groups is 1. The minimum Gasteiger partial charge on any atom is -0.733 e. The molecular formula is C15H16N3O4-. The van der Waals surface area contributed by atoms with Gasteiger partial charge in [-0.3, -0.25) is 10.0 Å². The Morgan fingerprint density at radius 1 is 1.55 bits per heavy atom. The van der Waals surface area contributed by atoms with E-state index in [4.69, 9.17) is 4.74 Å². The second-order valence-corrected chi connectivity index (χ2v) is 5.16. The Hall–Kier alpha value is -2.51. The molecule has 1 aliphatic heterocycles. The van der Waals surface area contributed by atoms with Crippen LogP contribution in [0.1, 0.15) is 18.2 Å². The van der Waals surface area contributed by atoms with Crippen molar-refractivity contribution in [2.24, 2.45) is 0 Å². The normalized spacial score (nSPS) is 14.2. The summed E-state index contributed by atoms with van der Waals surface area (Å²) >= 11 is 0. The van der Waals surface area contributed by atoms with E-state index in [1.165, 1.54) is 14.0 Å². The number of aromatic nitrogens is 1. The van der Waals surface area contributed by atoms with Crippen molar-refractivity contribution in [1.82, 2.24) is 9.88 Å². The second-order valence-electron chi connectivity index (χ2n) is 5.16. The fourth-order valence-corrected chi connectivity index (χ4v) is 2.99. The smallest absolute Gasteiger partial charge is 0.223 e. The molecule has 0 radical (unpaired) electrons. The molecule has 0 saturated heterocycles. The first kappa shape index (κ1) is 14.4. The topological polar surface area (TPSA) is 91.9 Å². The molecule has 3 rings (SSSR count). The number of nitrogens with one attached hydrogen (secondary N) is 1. The number of amides is 1. The van der Waals surface area contributed by atoms with E-state index in [1.54, 1.807) is 11.0 Å². The van der Waals surface area contributed by atoms with E-state index in [9.17, 15) is 15.2 Å². The van der Waals surface area contributed by atoms with Gasteiger partial charge in [0.2, 0.25) is 5.91 Å². The molecule has 0 fully saturated rings. The number of ether oxygens (including phenoxy) is 1. The van der Waals surface area contributed by atoms with Crippen LogP contribution in [0.4, 0.5) is 5.69 Å². The lowest BCUT2D eigenvalue weighted by atomic mass is 10.0. The van der Waals surface area contributed by atoms with Crippen molar-refractivity contribution in [3.8, 4) is 5.75 Å². The molecule has 0 aliphatic carbocycles. The zero-order valence-corrected chi connectivity index (χ0v) is 12.3. The average molecular weight is 302 g/mol. The largest absolute Gasteiger partial charge is 0.733 e. The van der Waals surface area contributed by atoms with Crippen molar-refractivity contribution in [1.29, 1.82) is 0 Å². The zero-order chi connectivity index (χ0) is 16.0. The van der Waals surface area contributed by atoms with E-state index >= 15 is 0 Å². The minimum absolute atomic E-state index is 0.0107. The highest BCUT2D eigenvalue weighted by Crippen LogP contribution is 2.40. The Balaban J connectivity index is 2.25. The average Bonchev–Trinajstić information content (AvgIpc) is 2.85. The Morgan fingerprint density at radius 2 is 2.27 bits per heavy atom. The van der Waals surface area contributed by atoms with Crippen LogP contribution in [0.2, 0.25) is 0 Å². The third-order valence-electron chi connectivity index (χ3n) is 4.01. The molecular weight excluding hydrogens is 286 g/mol. The molecule has 1 aromatic carbocycles. The highest BCUT2D eigenvalue weighted by Gasteiger charge is 2.27. The highest BCUT2D eigenvalue weighted by molar-refractivity contribution is 6.01. The Morgan fingerprint density at radius 3 is 2.86 bits per heavy atom. The van der Waals surface area contributed by atoms with Gasteiger partial charge in [0.15, 0.2) is 0 Å². The molecule has 1 amide bonds. The molecule has 7 nitrogen and oxygen atoms in total. The van der Waals surface area contributed by atoms with Crippen LogP contribution in [-0.4, -0.2) is 34.7 Å². The van der Waals surface area contributed by atoms with Gasteiger partial charge in [0.25, 0.3) is 0 Å². The summed E-state index contributed by atoms with van der Waals surface area (Å²) in [6, 6.07) is 3.46. The zero-order valence-electron chi connectivity index (χ0n) is 12.3. The number of H-pyrrole nitrogens is 1. The molecule has 22 heavy (non-hydrogen) atoms. The van der Waals surface area contributed by atoms with E-state index in [-0.39, 0.29) is 22.6 Å². The van der Waals surface area contributed by atoms with Gasteiger partial charge in [0.1, 0.15) is 11.4 Å². The number of carbonyl (C=O) groups excluding carboxylic acids is 1. The van der Waals surface area contributed by atoms with E-state index in [2.05, 4.69) is 11.6 Å². The van der Waals surface area contributed by atoms with Crippen molar-refractivity contribution >= 4 is 28.2 Å². The van der Waals surface area contributed by atoms with Crippen LogP contribution in [0.15, 0.2) is 18.7 Å². The number of hydrogen-bond acceptors (Lipinski definition) is 5. The molecule has 0 atom stereocenters. The van der Waals surface area contributed by atoms with Crippen molar-refractivity contribution in [3.63, 3.8) is 0 Å². The Labute approximate surface area is 126 Å². The third-order valence-corrected chi connectivity index (χ3v) is 4.01. The Kier molecular flexibility index (Phi) is 3.31. The molecule has 116 valence electrons. The molecule has 2 aromatic rings. The first-order chi connectivity index (χ1) is 10.5. The number of hydrogen-bond donors (Lipinski definition) is 2. The van der Waals surface area contributed by atoms with Gasteiger partial charge in [-0.2, -0.15) is 0 Å². The van der Waals surface area contributed by atoms with Gasteiger partial charge in [0.05, 0.1) is 24.0 Å². The molecule has 0 bridgehead atoms.